The minimum atomic E-state index is -4.63. The van der Waals surface area contributed by atoms with Gasteiger partial charge < -0.3 is 10.4 Å². The third-order valence-corrected chi connectivity index (χ3v) is 3.08. The van der Waals surface area contributed by atoms with Crippen molar-refractivity contribution in [2.75, 3.05) is 11.9 Å². The summed E-state index contributed by atoms with van der Waals surface area (Å²) in [6, 6.07) is 4.13. The molecular weight excluding hydrogens is 295 g/mol. The van der Waals surface area contributed by atoms with Crippen LogP contribution in [0.15, 0.2) is 23.6 Å². The van der Waals surface area contributed by atoms with E-state index in [9.17, 15) is 18.0 Å². The van der Waals surface area contributed by atoms with E-state index in [-0.39, 0.29) is 11.6 Å². The van der Waals surface area contributed by atoms with Crippen LogP contribution in [0.2, 0.25) is 0 Å². The molecule has 0 radical (unpaired) electrons. The van der Waals surface area contributed by atoms with Crippen molar-refractivity contribution in [3.8, 4) is 10.6 Å². The number of hydrogen-bond acceptors (Lipinski definition) is 5. The third kappa shape index (κ3) is 3.44. The van der Waals surface area contributed by atoms with Crippen LogP contribution in [0.3, 0.4) is 0 Å². The number of aromatic nitrogens is 2. The molecule has 20 heavy (non-hydrogen) atoms. The van der Waals surface area contributed by atoms with Gasteiger partial charge in [-0.25, -0.2) is 9.97 Å². The van der Waals surface area contributed by atoms with Crippen LogP contribution >= 0.6 is 11.3 Å². The summed E-state index contributed by atoms with van der Waals surface area (Å²) < 4.78 is 38.3. The number of carboxylic acids is 1. The van der Waals surface area contributed by atoms with Crippen LogP contribution in [0.25, 0.3) is 10.6 Å². The van der Waals surface area contributed by atoms with Gasteiger partial charge >= 0.3 is 12.1 Å². The Bertz CT molecular complexity index is 614. The Balaban J connectivity index is 2.42. The Morgan fingerprint density at radius 3 is 2.70 bits per heavy atom. The van der Waals surface area contributed by atoms with Gasteiger partial charge in [0.25, 0.3) is 0 Å². The maximum absolute atomic E-state index is 12.8. The number of nitrogens with zero attached hydrogens (tertiary/aromatic N) is 2. The first-order valence-electron chi connectivity index (χ1n) is 5.32. The van der Waals surface area contributed by atoms with Crippen LogP contribution < -0.4 is 5.32 Å². The molecule has 0 atom stereocenters. The smallest absolute Gasteiger partial charge is 0.433 e. The number of hydrogen-bond donors (Lipinski definition) is 2. The monoisotopic (exact) mass is 303 g/mol. The maximum Gasteiger partial charge on any atom is 0.433 e. The Hall–Kier alpha value is -2.16. The zero-order chi connectivity index (χ0) is 14.8. The highest BCUT2D eigenvalue weighted by Crippen LogP contribution is 2.32. The molecular formula is C11H8F3N3O2S. The molecule has 2 N–H and O–H groups in total. The molecule has 2 heterocycles. The molecule has 106 valence electrons. The minimum absolute atomic E-state index is 0.0928. The molecule has 5 nitrogen and oxygen atoms in total. The molecule has 0 saturated heterocycles. The quantitative estimate of drug-likeness (QED) is 0.908. The van der Waals surface area contributed by atoms with E-state index in [0.29, 0.717) is 4.88 Å². The molecule has 0 aliphatic rings. The lowest BCUT2D eigenvalue weighted by Crippen LogP contribution is -2.17. The van der Waals surface area contributed by atoms with E-state index in [1.54, 1.807) is 17.5 Å². The second-order valence-electron chi connectivity index (χ2n) is 3.68. The SMILES string of the molecule is O=C(O)CNc1nc(-c2cccs2)cc(C(F)(F)F)n1. The molecule has 9 heteroatoms. The topological polar surface area (TPSA) is 75.1 Å². The van der Waals surface area contributed by atoms with E-state index in [0.717, 1.165) is 6.07 Å². The zero-order valence-electron chi connectivity index (χ0n) is 9.81. The number of nitrogens with one attached hydrogen (secondary N) is 1. The zero-order valence-corrected chi connectivity index (χ0v) is 10.6. The van der Waals surface area contributed by atoms with Gasteiger partial charge in [-0.15, -0.1) is 11.3 Å². The number of aliphatic carboxylic acids is 1. The molecule has 0 bridgehead atoms. The van der Waals surface area contributed by atoms with Crippen molar-refractivity contribution in [3.63, 3.8) is 0 Å². The molecule has 0 saturated carbocycles. The van der Waals surface area contributed by atoms with E-state index in [1.807, 2.05) is 0 Å². The fraction of sp³-hybridized carbons (Fsp3) is 0.182. The van der Waals surface area contributed by atoms with Crippen molar-refractivity contribution in [3.05, 3.63) is 29.3 Å². The molecule has 0 unspecified atom stereocenters. The lowest BCUT2D eigenvalue weighted by molar-refractivity contribution is -0.141. The Labute approximate surface area is 115 Å². The van der Waals surface area contributed by atoms with Gasteiger partial charge in [0.1, 0.15) is 6.54 Å². The van der Waals surface area contributed by atoms with Crippen LogP contribution in [-0.2, 0) is 11.0 Å². The van der Waals surface area contributed by atoms with E-state index in [4.69, 9.17) is 5.11 Å². The number of rotatable bonds is 4. The van der Waals surface area contributed by atoms with Crippen molar-refractivity contribution >= 4 is 23.3 Å². The first kappa shape index (κ1) is 14.3. The van der Waals surface area contributed by atoms with Crippen molar-refractivity contribution < 1.29 is 23.1 Å². The summed E-state index contributed by atoms with van der Waals surface area (Å²) in [6.45, 7) is -0.564. The van der Waals surface area contributed by atoms with Gasteiger partial charge in [-0.1, -0.05) is 6.07 Å². The summed E-state index contributed by atoms with van der Waals surface area (Å²) in [5.74, 6) is -1.59. The molecule has 0 aromatic carbocycles. The Morgan fingerprint density at radius 1 is 1.40 bits per heavy atom. The van der Waals surface area contributed by atoms with Gasteiger partial charge in [-0.05, 0) is 17.5 Å². The highest BCUT2D eigenvalue weighted by molar-refractivity contribution is 7.13. The number of thiophene rings is 1. The molecule has 0 fully saturated rings. The molecule has 0 amide bonds. The fourth-order valence-corrected chi connectivity index (χ4v) is 2.06. The number of carbonyl (C=O) groups is 1. The van der Waals surface area contributed by atoms with Crippen LogP contribution in [-0.4, -0.2) is 27.6 Å². The highest BCUT2D eigenvalue weighted by Gasteiger charge is 2.34. The Morgan fingerprint density at radius 2 is 2.15 bits per heavy atom. The number of carboxylic acid groups (broad SMARTS) is 1. The van der Waals surface area contributed by atoms with E-state index in [1.165, 1.54) is 11.3 Å². The second-order valence-corrected chi connectivity index (χ2v) is 4.63. The predicted octanol–water partition coefficient (Wildman–Crippen LogP) is 2.72. The fourth-order valence-electron chi connectivity index (χ4n) is 1.38. The molecule has 0 aliphatic carbocycles. The summed E-state index contributed by atoms with van der Waals surface area (Å²) >= 11 is 1.23. The molecule has 2 aromatic rings. The van der Waals surface area contributed by atoms with Gasteiger partial charge in [-0.3, -0.25) is 4.79 Å². The predicted molar refractivity (Wildman–Crippen MR) is 66.5 cm³/mol. The van der Waals surface area contributed by atoms with Crippen LogP contribution in [0.1, 0.15) is 5.69 Å². The van der Waals surface area contributed by atoms with Gasteiger partial charge in [0, 0.05) is 0 Å². The number of anilines is 1. The van der Waals surface area contributed by atoms with Gasteiger partial charge in [-0.2, -0.15) is 13.2 Å². The summed E-state index contributed by atoms with van der Waals surface area (Å²) in [5.41, 5.74) is -1.03. The van der Waals surface area contributed by atoms with Crippen molar-refractivity contribution in [2.45, 2.75) is 6.18 Å². The average Bonchev–Trinajstić information content (AvgIpc) is 2.89. The van der Waals surface area contributed by atoms with Gasteiger partial charge in [0.05, 0.1) is 10.6 Å². The first-order valence-corrected chi connectivity index (χ1v) is 6.20. The van der Waals surface area contributed by atoms with Crippen molar-refractivity contribution in [1.29, 1.82) is 0 Å². The minimum Gasteiger partial charge on any atom is -0.480 e. The van der Waals surface area contributed by atoms with Crippen LogP contribution in [0.5, 0.6) is 0 Å². The number of halogens is 3. The van der Waals surface area contributed by atoms with Crippen LogP contribution in [0.4, 0.5) is 19.1 Å². The Kier molecular flexibility index (Phi) is 3.89. The lowest BCUT2D eigenvalue weighted by Gasteiger charge is -2.10. The standard InChI is InChI=1S/C11H8F3N3O2S/c12-11(13,14)8-4-6(7-2-1-3-20-7)16-10(17-8)15-5-9(18)19/h1-4H,5H2,(H,18,19)(H,15,16,17). The first-order chi connectivity index (χ1) is 9.36. The van der Waals surface area contributed by atoms with Crippen molar-refractivity contribution in [1.82, 2.24) is 9.97 Å². The largest absolute Gasteiger partial charge is 0.480 e. The summed E-state index contributed by atoms with van der Waals surface area (Å²) in [6.07, 6.45) is -4.63. The summed E-state index contributed by atoms with van der Waals surface area (Å²) in [7, 11) is 0. The van der Waals surface area contributed by atoms with E-state index in [2.05, 4.69) is 15.3 Å². The van der Waals surface area contributed by atoms with E-state index < -0.39 is 24.4 Å². The molecule has 0 spiro atoms. The summed E-state index contributed by atoms with van der Waals surface area (Å²) in [5, 5.41) is 12.5. The highest BCUT2D eigenvalue weighted by atomic mass is 32.1. The second kappa shape index (κ2) is 5.45. The van der Waals surface area contributed by atoms with E-state index >= 15 is 0 Å². The average molecular weight is 303 g/mol. The normalized spacial score (nSPS) is 11.3. The number of alkyl halides is 3. The molecule has 2 rings (SSSR count). The summed E-state index contributed by atoms with van der Waals surface area (Å²) in [4.78, 5) is 18.1. The van der Waals surface area contributed by atoms with Crippen molar-refractivity contribution in [2.24, 2.45) is 0 Å². The van der Waals surface area contributed by atoms with Gasteiger partial charge in [0.15, 0.2) is 5.69 Å². The molecule has 0 aliphatic heterocycles. The third-order valence-electron chi connectivity index (χ3n) is 2.19. The lowest BCUT2D eigenvalue weighted by atomic mass is 10.3. The van der Waals surface area contributed by atoms with Gasteiger partial charge in [0.2, 0.25) is 5.95 Å². The maximum atomic E-state index is 12.8. The molecule has 2 aromatic heterocycles. The van der Waals surface area contributed by atoms with Crippen LogP contribution in [0, 0.1) is 0 Å².